The maximum atomic E-state index is 13.3. The number of aliphatic hydroxyl groups excluding tert-OH is 1. The minimum Gasteiger partial charge on any atom is -0.507 e. The Morgan fingerprint density at radius 3 is 2.31 bits per heavy atom. The summed E-state index contributed by atoms with van der Waals surface area (Å²) in [5.41, 5.74) is 1.02. The first-order valence-electron chi connectivity index (χ1n) is 12.2. The summed E-state index contributed by atoms with van der Waals surface area (Å²) in [6.45, 7) is 3.78. The zero-order valence-electron chi connectivity index (χ0n) is 21.7. The second kappa shape index (κ2) is 12.4. The zero-order chi connectivity index (χ0) is 26.2. The van der Waals surface area contributed by atoms with Gasteiger partial charge in [-0.3, -0.25) is 9.59 Å². The molecule has 0 saturated carbocycles. The van der Waals surface area contributed by atoms with Crippen LogP contribution in [0.5, 0.6) is 17.2 Å². The van der Waals surface area contributed by atoms with Crippen LogP contribution in [0, 0.1) is 0 Å². The molecular formula is C28H36N2O6. The van der Waals surface area contributed by atoms with E-state index in [2.05, 4.69) is 6.92 Å². The Labute approximate surface area is 213 Å². The fourth-order valence-electron chi connectivity index (χ4n) is 4.24. The smallest absolute Gasteiger partial charge is 0.295 e. The topological polar surface area (TPSA) is 88.5 Å². The van der Waals surface area contributed by atoms with E-state index in [0.29, 0.717) is 47.9 Å². The van der Waals surface area contributed by atoms with Crippen molar-refractivity contribution in [2.45, 2.75) is 32.2 Å². The molecular weight excluding hydrogens is 460 g/mol. The Bertz CT molecular complexity index is 1090. The molecule has 1 amide bonds. The molecule has 8 nitrogen and oxygen atoms in total. The van der Waals surface area contributed by atoms with Gasteiger partial charge in [0.2, 0.25) is 0 Å². The highest BCUT2D eigenvalue weighted by Crippen LogP contribution is 2.44. The normalized spacial score (nSPS) is 17.1. The summed E-state index contributed by atoms with van der Waals surface area (Å²) in [7, 11) is 6.98. The number of aliphatic hydroxyl groups is 1. The molecule has 0 spiro atoms. The highest BCUT2D eigenvalue weighted by atomic mass is 16.5. The monoisotopic (exact) mass is 496 g/mol. The van der Waals surface area contributed by atoms with Crippen LogP contribution in [0.15, 0.2) is 48.0 Å². The van der Waals surface area contributed by atoms with Crippen LogP contribution in [-0.4, -0.2) is 74.6 Å². The average Bonchev–Trinajstić information content (AvgIpc) is 3.13. The lowest BCUT2D eigenvalue weighted by Gasteiger charge is -2.27. The Morgan fingerprint density at radius 1 is 1.00 bits per heavy atom. The molecule has 1 heterocycles. The van der Waals surface area contributed by atoms with E-state index in [1.54, 1.807) is 49.6 Å². The molecule has 1 aliphatic rings. The van der Waals surface area contributed by atoms with E-state index >= 15 is 0 Å². The third-order valence-electron chi connectivity index (χ3n) is 6.17. The number of nitrogens with zero attached hydrogens (tertiary/aromatic N) is 2. The first-order chi connectivity index (χ1) is 17.3. The molecule has 194 valence electrons. The fraction of sp³-hybridized carbons (Fsp3) is 0.429. The minimum absolute atomic E-state index is 0.0241. The number of hydrogen-bond donors (Lipinski definition) is 1. The van der Waals surface area contributed by atoms with E-state index in [9.17, 15) is 14.7 Å². The van der Waals surface area contributed by atoms with Gasteiger partial charge in [-0.15, -0.1) is 0 Å². The summed E-state index contributed by atoms with van der Waals surface area (Å²) < 4.78 is 16.7. The van der Waals surface area contributed by atoms with Gasteiger partial charge in [-0.1, -0.05) is 13.3 Å². The van der Waals surface area contributed by atoms with E-state index in [0.717, 1.165) is 19.4 Å². The average molecular weight is 497 g/mol. The van der Waals surface area contributed by atoms with Crippen molar-refractivity contribution in [2.24, 2.45) is 0 Å². The zero-order valence-corrected chi connectivity index (χ0v) is 21.7. The second-order valence-corrected chi connectivity index (χ2v) is 8.98. The van der Waals surface area contributed by atoms with Gasteiger partial charge in [0.05, 0.1) is 32.4 Å². The number of amides is 1. The predicted molar refractivity (Wildman–Crippen MR) is 139 cm³/mol. The summed E-state index contributed by atoms with van der Waals surface area (Å²) >= 11 is 0. The molecule has 0 aromatic heterocycles. The van der Waals surface area contributed by atoms with Crippen LogP contribution in [0.4, 0.5) is 0 Å². The van der Waals surface area contributed by atoms with Gasteiger partial charge in [0, 0.05) is 17.7 Å². The lowest BCUT2D eigenvalue weighted by Crippen LogP contribution is -2.32. The largest absolute Gasteiger partial charge is 0.507 e. The molecule has 1 fully saturated rings. The van der Waals surface area contributed by atoms with Gasteiger partial charge in [0.25, 0.3) is 11.7 Å². The molecule has 1 atom stereocenters. The van der Waals surface area contributed by atoms with Crippen molar-refractivity contribution in [2.75, 3.05) is 48.0 Å². The van der Waals surface area contributed by atoms with Gasteiger partial charge in [0.15, 0.2) is 0 Å². The highest BCUT2D eigenvalue weighted by Gasteiger charge is 2.47. The summed E-state index contributed by atoms with van der Waals surface area (Å²) in [5, 5.41) is 11.3. The Kier molecular flexibility index (Phi) is 9.36. The molecule has 1 saturated heterocycles. The molecule has 0 aliphatic carbocycles. The number of Topliss-reactive ketones (excluding diaryl/α,β-unsaturated/α-hetero) is 1. The van der Waals surface area contributed by atoms with Gasteiger partial charge in [0.1, 0.15) is 23.0 Å². The maximum Gasteiger partial charge on any atom is 0.295 e. The standard InChI is InChI=1S/C28H36N2O6/c1-6-7-17-36-20-11-9-19(10-12-20)26(31)24-25(22-18-21(34-4)13-14-23(22)35-5)30(28(33)27(24)32)16-8-15-29(2)3/h9-14,18,25,31H,6-8,15-17H2,1-5H3/t25-/m1/s1. The number of benzene rings is 2. The number of rotatable bonds is 12. The fourth-order valence-corrected chi connectivity index (χ4v) is 4.24. The second-order valence-electron chi connectivity index (χ2n) is 8.98. The molecule has 0 radical (unpaired) electrons. The third-order valence-corrected chi connectivity index (χ3v) is 6.17. The summed E-state index contributed by atoms with van der Waals surface area (Å²) in [4.78, 5) is 30.0. The Hall–Kier alpha value is -3.52. The van der Waals surface area contributed by atoms with Crippen LogP contribution in [0.3, 0.4) is 0 Å². The first kappa shape index (κ1) is 27.1. The molecule has 1 N–H and O–H groups in total. The minimum atomic E-state index is -0.822. The van der Waals surface area contributed by atoms with Crippen molar-refractivity contribution in [3.8, 4) is 17.2 Å². The molecule has 0 bridgehead atoms. The number of carbonyl (C=O) groups is 2. The van der Waals surface area contributed by atoms with Crippen molar-refractivity contribution in [1.29, 1.82) is 0 Å². The first-order valence-corrected chi connectivity index (χ1v) is 12.2. The van der Waals surface area contributed by atoms with Crippen LogP contribution in [0.2, 0.25) is 0 Å². The lowest BCUT2D eigenvalue weighted by atomic mass is 9.94. The van der Waals surface area contributed by atoms with Crippen molar-refractivity contribution >= 4 is 17.4 Å². The molecule has 1 aliphatic heterocycles. The summed E-state index contributed by atoms with van der Waals surface area (Å²) in [6, 6.07) is 11.3. The van der Waals surface area contributed by atoms with Gasteiger partial charge in [-0.25, -0.2) is 0 Å². The van der Waals surface area contributed by atoms with Crippen LogP contribution in [0.1, 0.15) is 43.4 Å². The van der Waals surface area contributed by atoms with E-state index in [1.807, 2.05) is 19.0 Å². The Morgan fingerprint density at radius 2 is 1.69 bits per heavy atom. The van der Waals surface area contributed by atoms with Crippen LogP contribution >= 0.6 is 0 Å². The van der Waals surface area contributed by atoms with Gasteiger partial charge >= 0.3 is 0 Å². The van der Waals surface area contributed by atoms with E-state index in [1.165, 1.54) is 12.0 Å². The van der Waals surface area contributed by atoms with Crippen molar-refractivity contribution in [3.05, 3.63) is 59.2 Å². The van der Waals surface area contributed by atoms with Gasteiger partial charge < -0.3 is 29.1 Å². The van der Waals surface area contributed by atoms with Crippen molar-refractivity contribution in [3.63, 3.8) is 0 Å². The summed E-state index contributed by atoms with van der Waals surface area (Å²) in [6.07, 6.45) is 2.63. The highest BCUT2D eigenvalue weighted by molar-refractivity contribution is 6.46. The maximum absolute atomic E-state index is 13.3. The van der Waals surface area contributed by atoms with E-state index < -0.39 is 17.7 Å². The number of ketones is 1. The third kappa shape index (κ3) is 5.99. The molecule has 0 unspecified atom stereocenters. The van der Waals surface area contributed by atoms with Gasteiger partial charge in [-0.05, 0) is 75.9 Å². The number of likely N-dealkylation sites (tertiary alicyclic amines) is 1. The van der Waals surface area contributed by atoms with E-state index in [-0.39, 0.29) is 11.3 Å². The van der Waals surface area contributed by atoms with Crippen LogP contribution < -0.4 is 14.2 Å². The van der Waals surface area contributed by atoms with Crippen molar-refractivity contribution in [1.82, 2.24) is 9.80 Å². The lowest BCUT2D eigenvalue weighted by molar-refractivity contribution is -0.140. The van der Waals surface area contributed by atoms with Gasteiger partial charge in [-0.2, -0.15) is 0 Å². The molecule has 36 heavy (non-hydrogen) atoms. The number of unbranched alkanes of at least 4 members (excludes halogenated alkanes) is 1. The van der Waals surface area contributed by atoms with Crippen LogP contribution in [-0.2, 0) is 9.59 Å². The molecule has 2 aromatic rings. The number of methoxy groups -OCH3 is 2. The number of ether oxygens (including phenoxy) is 3. The predicted octanol–water partition coefficient (Wildman–Crippen LogP) is 4.26. The molecule has 2 aromatic carbocycles. The number of carbonyl (C=O) groups excluding carboxylic acids is 2. The van der Waals surface area contributed by atoms with E-state index in [4.69, 9.17) is 14.2 Å². The van der Waals surface area contributed by atoms with Crippen LogP contribution in [0.25, 0.3) is 5.76 Å². The Balaban J connectivity index is 2.08. The summed E-state index contributed by atoms with van der Waals surface area (Å²) in [5.74, 6) is 0.109. The SMILES string of the molecule is CCCCOc1ccc(C(O)=C2C(=O)C(=O)N(CCCN(C)C)[C@@H]2c2cc(OC)ccc2OC)cc1. The quantitative estimate of drug-likeness (QED) is 0.203. The van der Waals surface area contributed by atoms with Crippen molar-refractivity contribution < 1.29 is 28.9 Å². The molecule has 3 rings (SSSR count). The number of hydrogen-bond acceptors (Lipinski definition) is 7. The molecule has 8 heteroatoms.